The minimum atomic E-state index is -0.232. The number of rotatable bonds is 4. The maximum atomic E-state index is 13.1. The number of nitrogens with one attached hydrogen (secondary N) is 1. The average Bonchev–Trinajstić information content (AvgIpc) is 2.37. The van der Waals surface area contributed by atoms with E-state index in [0.29, 0.717) is 6.42 Å². The van der Waals surface area contributed by atoms with Gasteiger partial charge in [-0.2, -0.15) is 0 Å². The smallest absolute Gasteiger partial charge is 0.123 e. The van der Waals surface area contributed by atoms with Crippen LogP contribution >= 0.6 is 0 Å². The second-order valence-corrected chi connectivity index (χ2v) is 3.84. The highest BCUT2D eigenvalue weighted by molar-refractivity contribution is 5.22. The molecule has 0 bridgehead atoms. The molecule has 1 aromatic heterocycles. The Balaban J connectivity index is 2.16. The quantitative estimate of drug-likeness (QED) is 0.624. The van der Waals surface area contributed by atoms with Crippen molar-refractivity contribution in [3.8, 4) is 0 Å². The van der Waals surface area contributed by atoms with Gasteiger partial charge in [0.25, 0.3) is 0 Å². The van der Waals surface area contributed by atoms with Gasteiger partial charge >= 0.3 is 0 Å². The van der Waals surface area contributed by atoms with Crippen molar-refractivity contribution >= 4 is 0 Å². The molecule has 0 saturated carbocycles. The largest absolute Gasteiger partial charge is 0.271 e. The summed E-state index contributed by atoms with van der Waals surface area (Å²) in [5.74, 6) is 5.29. The van der Waals surface area contributed by atoms with Gasteiger partial charge in [-0.25, -0.2) is 4.39 Å². The Bertz CT molecular complexity index is 473. The first-order valence-corrected chi connectivity index (χ1v) is 5.40. The second-order valence-electron chi connectivity index (χ2n) is 3.84. The van der Waals surface area contributed by atoms with Crippen LogP contribution in [0, 0.1) is 5.82 Å². The molecule has 1 aromatic carbocycles. The molecule has 0 spiro atoms. The molecule has 17 heavy (non-hydrogen) atoms. The highest BCUT2D eigenvalue weighted by Gasteiger charge is 2.10. The molecule has 88 valence electrons. The van der Waals surface area contributed by atoms with Crippen LogP contribution < -0.4 is 11.3 Å². The lowest BCUT2D eigenvalue weighted by Gasteiger charge is -2.15. The zero-order chi connectivity index (χ0) is 12.1. The highest BCUT2D eigenvalue weighted by Crippen LogP contribution is 2.17. The maximum Gasteiger partial charge on any atom is 0.123 e. The van der Waals surface area contributed by atoms with Gasteiger partial charge in [0.15, 0.2) is 0 Å². The molecule has 0 radical (unpaired) electrons. The summed E-state index contributed by atoms with van der Waals surface area (Å²) in [5, 5.41) is 0. The second kappa shape index (κ2) is 5.52. The average molecular weight is 231 g/mol. The van der Waals surface area contributed by atoms with Crippen LogP contribution in [0.15, 0.2) is 48.8 Å². The summed E-state index contributed by atoms with van der Waals surface area (Å²) in [4.78, 5) is 4.04. The molecular formula is C13H14FN3. The third-order valence-electron chi connectivity index (χ3n) is 2.62. The van der Waals surface area contributed by atoms with Crippen molar-refractivity contribution in [2.45, 2.75) is 12.5 Å². The van der Waals surface area contributed by atoms with E-state index in [4.69, 9.17) is 5.84 Å². The predicted octanol–water partition coefficient (Wildman–Crippen LogP) is 1.97. The first kappa shape index (κ1) is 11.7. The van der Waals surface area contributed by atoms with Crippen LogP contribution in [0.25, 0.3) is 0 Å². The van der Waals surface area contributed by atoms with Crippen molar-refractivity contribution in [1.29, 1.82) is 0 Å². The van der Waals surface area contributed by atoms with Crippen LogP contribution in [-0.4, -0.2) is 4.98 Å². The molecule has 0 aliphatic heterocycles. The lowest BCUT2D eigenvalue weighted by Crippen LogP contribution is -2.29. The van der Waals surface area contributed by atoms with Crippen molar-refractivity contribution in [2.24, 2.45) is 5.84 Å². The van der Waals surface area contributed by atoms with Crippen molar-refractivity contribution < 1.29 is 4.39 Å². The van der Waals surface area contributed by atoms with E-state index < -0.39 is 0 Å². The van der Waals surface area contributed by atoms with Gasteiger partial charge in [-0.1, -0.05) is 18.2 Å². The van der Waals surface area contributed by atoms with Gasteiger partial charge in [-0.05, 0) is 35.7 Å². The van der Waals surface area contributed by atoms with Crippen LogP contribution in [0.4, 0.5) is 4.39 Å². The molecule has 0 amide bonds. The van der Waals surface area contributed by atoms with Gasteiger partial charge in [-0.15, -0.1) is 0 Å². The molecule has 1 heterocycles. The molecule has 4 heteroatoms. The Morgan fingerprint density at radius 3 is 2.82 bits per heavy atom. The van der Waals surface area contributed by atoms with Crippen molar-refractivity contribution in [3.63, 3.8) is 0 Å². The van der Waals surface area contributed by atoms with Gasteiger partial charge < -0.3 is 0 Å². The minimum absolute atomic E-state index is 0.0644. The Labute approximate surface area is 99.5 Å². The number of nitrogens with zero attached hydrogens (tertiary/aromatic N) is 1. The van der Waals surface area contributed by atoms with Gasteiger partial charge in [0.2, 0.25) is 0 Å². The lowest BCUT2D eigenvalue weighted by molar-refractivity contribution is 0.547. The molecule has 2 aromatic rings. The van der Waals surface area contributed by atoms with Gasteiger partial charge in [0.05, 0.1) is 6.04 Å². The fourth-order valence-corrected chi connectivity index (χ4v) is 1.75. The van der Waals surface area contributed by atoms with Gasteiger partial charge in [0, 0.05) is 12.4 Å². The zero-order valence-electron chi connectivity index (χ0n) is 9.31. The Morgan fingerprint density at radius 1 is 1.29 bits per heavy atom. The maximum absolute atomic E-state index is 13.1. The molecule has 3 nitrogen and oxygen atoms in total. The summed E-state index contributed by atoms with van der Waals surface area (Å²) >= 11 is 0. The first-order valence-electron chi connectivity index (χ1n) is 5.40. The van der Waals surface area contributed by atoms with Crippen LogP contribution in [-0.2, 0) is 6.42 Å². The normalized spacial score (nSPS) is 12.4. The van der Waals surface area contributed by atoms with Crippen molar-refractivity contribution in [1.82, 2.24) is 10.4 Å². The summed E-state index contributed by atoms with van der Waals surface area (Å²) in [5.41, 5.74) is 4.61. The minimum Gasteiger partial charge on any atom is -0.271 e. The summed E-state index contributed by atoms with van der Waals surface area (Å²) in [6, 6.07) is 10.2. The topological polar surface area (TPSA) is 50.9 Å². The Hall–Kier alpha value is -1.78. The molecule has 2 rings (SSSR count). The van der Waals surface area contributed by atoms with E-state index in [-0.39, 0.29) is 11.9 Å². The Kier molecular flexibility index (Phi) is 3.80. The van der Waals surface area contributed by atoms with E-state index in [1.54, 1.807) is 18.5 Å². The van der Waals surface area contributed by atoms with Crippen molar-refractivity contribution in [3.05, 3.63) is 65.7 Å². The fraction of sp³-hybridized carbons (Fsp3) is 0.154. The molecule has 0 saturated heterocycles. The van der Waals surface area contributed by atoms with Gasteiger partial charge in [0.1, 0.15) is 5.82 Å². The van der Waals surface area contributed by atoms with Crippen LogP contribution in [0.1, 0.15) is 17.2 Å². The molecule has 0 aliphatic rings. The molecule has 3 N–H and O–H groups in total. The predicted molar refractivity (Wildman–Crippen MR) is 64.4 cm³/mol. The highest BCUT2D eigenvalue weighted by atomic mass is 19.1. The summed E-state index contributed by atoms with van der Waals surface area (Å²) < 4.78 is 13.1. The summed E-state index contributed by atoms with van der Waals surface area (Å²) in [6.45, 7) is 0. The number of pyridine rings is 1. The molecular weight excluding hydrogens is 217 g/mol. The standard InChI is InChI=1S/C13H14FN3/c14-12-5-1-3-10(7-12)8-13(17-15)11-4-2-6-16-9-11/h1-7,9,13,17H,8,15H2. The Morgan fingerprint density at radius 2 is 2.18 bits per heavy atom. The van der Waals surface area contributed by atoms with E-state index in [9.17, 15) is 4.39 Å². The van der Waals surface area contributed by atoms with E-state index in [1.807, 2.05) is 18.2 Å². The summed E-state index contributed by atoms with van der Waals surface area (Å²) in [7, 11) is 0. The SMILES string of the molecule is NNC(Cc1cccc(F)c1)c1cccnc1. The lowest BCUT2D eigenvalue weighted by atomic mass is 10.0. The number of hydrogen-bond donors (Lipinski definition) is 2. The van der Waals surface area contributed by atoms with Gasteiger partial charge in [-0.3, -0.25) is 16.3 Å². The molecule has 0 fully saturated rings. The third kappa shape index (κ3) is 3.09. The number of nitrogens with two attached hydrogens (primary N) is 1. The molecule has 1 atom stereocenters. The first-order chi connectivity index (χ1) is 8.29. The van der Waals surface area contributed by atoms with E-state index >= 15 is 0 Å². The monoisotopic (exact) mass is 231 g/mol. The number of halogens is 1. The third-order valence-corrected chi connectivity index (χ3v) is 2.62. The van der Waals surface area contributed by atoms with E-state index in [2.05, 4.69) is 10.4 Å². The van der Waals surface area contributed by atoms with Crippen LogP contribution in [0.2, 0.25) is 0 Å². The molecule has 1 unspecified atom stereocenters. The van der Waals surface area contributed by atoms with Crippen LogP contribution in [0.5, 0.6) is 0 Å². The summed E-state index contributed by atoms with van der Waals surface area (Å²) in [6.07, 6.45) is 4.09. The molecule has 0 aliphatic carbocycles. The number of aromatic nitrogens is 1. The zero-order valence-corrected chi connectivity index (χ0v) is 9.31. The number of benzene rings is 1. The van der Waals surface area contributed by atoms with E-state index in [1.165, 1.54) is 12.1 Å². The van der Waals surface area contributed by atoms with Crippen molar-refractivity contribution in [2.75, 3.05) is 0 Å². The van der Waals surface area contributed by atoms with E-state index in [0.717, 1.165) is 11.1 Å². The van der Waals surface area contributed by atoms with Crippen LogP contribution in [0.3, 0.4) is 0 Å². The fourth-order valence-electron chi connectivity index (χ4n) is 1.75. The number of hydrogen-bond acceptors (Lipinski definition) is 3. The number of hydrazine groups is 1.